The SMILES string of the molecule is C[C@@H](NC(=O)NNC(=O)CF)c1ncc(-c2cc(Cl)cc(F)c2OCC(F)F)cc1F. The molecule has 7 nitrogen and oxygen atoms in total. The molecule has 1 atom stereocenters. The number of nitrogens with one attached hydrogen (secondary N) is 3. The molecule has 0 aliphatic heterocycles. The lowest BCUT2D eigenvalue weighted by Gasteiger charge is -2.17. The minimum atomic E-state index is -2.87. The predicted molar refractivity (Wildman–Crippen MR) is 100 cm³/mol. The zero-order chi connectivity index (χ0) is 23.1. The maximum atomic E-state index is 14.6. The average Bonchev–Trinajstić information content (AvgIpc) is 2.70. The number of halogens is 6. The first-order chi connectivity index (χ1) is 14.6. The molecule has 0 spiro atoms. The van der Waals surface area contributed by atoms with Gasteiger partial charge in [0.05, 0.1) is 11.7 Å². The topological polar surface area (TPSA) is 92.4 Å². The van der Waals surface area contributed by atoms with E-state index in [1.165, 1.54) is 13.0 Å². The highest BCUT2D eigenvalue weighted by atomic mass is 35.5. The molecule has 0 aliphatic rings. The van der Waals surface area contributed by atoms with Gasteiger partial charge in [-0.2, -0.15) is 0 Å². The van der Waals surface area contributed by atoms with Crippen LogP contribution in [0.3, 0.4) is 0 Å². The molecule has 2 aromatic rings. The molecule has 0 bridgehead atoms. The molecule has 3 N–H and O–H groups in total. The van der Waals surface area contributed by atoms with Gasteiger partial charge in [-0.05, 0) is 25.1 Å². The van der Waals surface area contributed by atoms with Crippen molar-refractivity contribution in [2.75, 3.05) is 13.3 Å². The number of hydrogen-bond donors (Lipinski definition) is 3. The van der Waals surface area contributed by atoms with Gasteiger partial charge in [0.1, 0.15) is 12.4 Å². The van der Waals surface area contributed by atoms with Crippen molar-refractivity contribution in [1.82, 2.24) is 21.2 Å². The summed E-state index contributed by atoms with van der Waals surface area (Å²) < 4.78 is 70.6. The minimum absolute atomic E-state index is 0.0150. The van der Waals surface area contributed by atoms with Crippen molar-refractivity contribution < 1.29 is 36.3 Å². The first-order valence-electron chi connectivity index (χ1n) is 8.59. The molecule has 1 aromatic carbocycles. The van der Waals surface area contributed by atoms with Crippen LogP contribution in [-0.2, 0) is 4.79 Å². The van der Waals surface area contributed by atoms with Crippen molar-refractivity contribution in [1.29, 1.82) is 0 Å². The molecule has 1 aromatic heterocycles. The Balaban J connectivity index is 2.24. The fraction of sp³-hybridized carbons (Fsp3) is 0.278. The smallest absolute Gasteiger partial charge is 0.334 e. The number of hydrazine groups is 1. The van der Waals surface area contributed by atoms with E-state index in [1.54, 1.807) is 5.43 Å². The first-order valence-corrected chi connectivity index (χ1v) is 8.97. The summed E-state index contributed by atoms with van der Waals surface area (Å²) in [7, 11) is 0. The summed E-state index contributed by atoms with van der Waals surface area (Å²) in [5, 5.41) is 2.18. The average molecular weight is 467 g/mol. The van der Waals surface area contributed by atoms with E-state index >= 15 is 0 Å². The van der Waals surface area contributed by atoms with Gasteiger partial charge in [0, 0.05) is 22.3 Å². The maximum Gasteiger partial charge on any atom is 0.334 e. The quantitative estimate of drug-likeness (QED) is 0.429. The van der Waals surface area contributed by atoms with Crippen LogP contribution in [0.25, 0.3) is 11.1 Å². The molecule has 13 heteroatoms. The number of urea groups is 1. The van der Waals surface area contributed by atoms with Crippen LogP contribution in [0.1, 0.15) is 18.7 Å². The van der Waals surface area contributed by atoms with E-state index in [1.807, 2.05) is 5.43 Å². The summed E-state index contributed by atoms with van der Waals surface area (Å²) in [6, 6.07) is 1.03. The molecular formula is C18H16ClF5N4O3. The van der Waals surface area contributed by atoms with E-state index < -0.39 is 55.1 Å². The molecule has 3 amide bonds. The van der Waals surface area contributed by atoms with Gasteiger partial charge >= 0.3 is 6.03 Å². The summed E-state index contributed by atoms with van der Waals surface area (Å²) in [6.45, 7) is -1.06. The van der Waals surface area contributed by atoms with Gasteiger partial charge in [0.25, 0.3) is 12.3 Å². The number of alkyl halides is 3. The van der Waals surface area contributed by atoms with Crippen molar-refractivity contribution in [3.8, 4) is 16.9 Å². The fourth-order valence-electron chi connectivity index (χ4n) is 2.44. The molecule has 0 saturated carbocycles. The van der Waals surface area contributed by atoms with E-state index in [0.717, 1.165) is 18.3 Å². The number of rotatable bonds is 7. The number of amides is 3. The fourth-order valence-corrected chi connectivity index (χ4v) is 2.65. The largest absolute Gasteiger partial charge is 0.484 e. The Morgan fingerprint density at radius 3 is 2.48 bits per heavy atom. The third-order valence-corrected chi connectivity index (χ3v) is 3.96. The maximum absolute atomic E-state index is 14.6. The van der Waals surface area contributed by atoms with Crippen LogP contribution in [0.4, 0.5) is 26.7 Å². The third kappa shape index (κ3) is 6.67. The van der Waals surface area contributed by atoms with Gasteiger partial charge < -0.3 is 10.1 Å². The van der Waals surface area contributed by atoms with E-state index in [0.29, 0.717) is 0 Å². The highest BCUT2D eigenvalue weighted by molar-refractivity contribution is 6.31. The van der Waals surface area contributed by atoms with Crippen LogP contribution in [0.15, 0.2) is 24.4 Å². The van der Waals surface area contributed by atoms with Crippen LogP contribution in [0, 0.1) is 11.6 Å². The Kier molecular flexibility index (Phi) is 8.37. The molecule has 31 heavy (non-hydrogen) atoms. The van der Waals surface area contributed by atoms with Gasteiger partial charge in [0.2, 0.25) is 0 Å². The summed E-state index contributed by atoms with van der Waals surface area (Å²) in [4.78, 5) is 26.3. The normalized spacial score (nSPS) is 11.7. The molecule has 0 unspecified atom stereocenters. The molecule has 0 radical (unpaired) electrons. The zero-order valence-corrected chi connectivity index (χ0v) is 16.6. The number of hydrogen-bond acceptors (Lipinski definition) is 4. The number of benzene rings is 1. The predicted octanol–water partition coefficient (Wildman–Crippen LogP) is 3.69. The summed E-state index contributed by atoms with van der Waals surface area (Å²) in [5.41, 5.74) is 3.28. The molecule has 2 rings (SSSR count). The van der Waals surface area contributed by atoms with Gasteiger partial charge in [-0.1, -0.05) is 11.6 Å². The van der Waals surface area contributed by atoms with Gasteiger partial charge in [-0.25, -0.2) is 32.2 Å². The van der Waals surface area contributed by atoms with Crippen LogP contribution >= 0.6 is 11.6 Å². The second-order valence-electron chi connectivity index (χ2n) is 6.06. The van der Waals surface area contributed by atoms with Gasteiger partial charge in [-0.3, -0.25) is 15.2 Å². The zero-order valence-electron chi connectivity index (χ0n) is 15.8. The summed E-state index contributed by atoms with van der Waals surface area (Å²) in [5.74, 6) is -3.57. The first kappa shape index (κ1) is 24.1. The number of carbonyl (C=O) groups excluding carboxylic acids is 2. The standard InChI is InChI=1S/C18H16ClF5N4O3/c1-8(26-18(30)28-27-15(29)5-20)16-12(21)2-9(6-25-16)11-3-10(19)4-13(22)17(11)31-7-14(23)24/h2-4,6,8,14H,5,7H2,1H3,(H,27,29)(H2,26,28,30)/t8-/m1/s1. The van der Waals surface area contributed by atoms with Crippen molar-refractivity contribution in [2.24, 2.45) is 0 Å². The number of aromatic nitrogens is 1. The van der Waals surface area contributed by atoms with Crippen molar-refractivity contribution in [3.05, 3.63) is 46.7 Å². The minimum Gasteiger partial charge on any atom is -0.484 e. The number of pyridine rings is 1. The molecule has 0 fully saturated rings. The second kappa shape index (κ2) is 10.8. The number of nitrogens with zero attached hydrogens (tertiary/aromatic N) is 1. The van der Waals surface area contributed by atoms with Gasteiger partial charge in [0.15, 0.2) is 18.2 Å². The Hall–Kier alpha value is -3.15. The highest BCUT2D eigenvalue weighted by Crippen LogP contribution is 2.36. The Morgan fingerprint density at radius 1 is 1.16 bits per heavy atom. The lowest BCUT2D eigenvalue weighted by Crippen LogP contribution is -2.48. The van der Waals surface area contributed by atoms with E-state index in [4.69, 9.17) is 16.3 Å². The Bertz CT molecular complexity index is 964. The van der Waals surface area contributed by atoms with Crippen LogP contribution in [-0.4, -0.2) is 36.6 Å². The third-order valence-electron chi connectivity index (χ3n) is 3.74. The molecule has 0 saturated heterocycles. The lowest BCUT2D eigenvalue weighted by molar-refractivity contribution is -0.122. The Morgan fingerprint density at radius 2 is 1.87 bits per heavy atom. The van der Waals surface area contributed by atoms with E-state index in [2.05, 4.69) is 10.3 Å². The summed E-state index contributed by atoms with van der Waals surface area (Å²) >= 11 is 5.81. The van der Waals surface area contributed by atoms with Crippen molar-refractivity contribution >= 4 is 23.5 Å². The lowest BCUT2D eigenvalue weighted by atomic mass is 10.0. The second-order valence-corrected chi connectivity index (χ2v) is 6.50. The van der Waals surface area contributed by atoms with Crippen molar-refractivity contribution in [3.63, 3.8) is 0 Å². The molecular weight excluding hydrogens is 451 g/mol. The van der Waals surface area contributed by atoms with Crippen LogP contribution < -0.4 is 20.9 Å². The molecule has 1 heterocycles. The van der Waals surface area contributed by atoms with Crippen molar-refractivity contribution in [2.45, 2.75) is 19.4 Å². The van der Waals surface area contributed by atoms with Crippen LogP contribution in [0.2, 0.25) is 5.02 Å². The molecule has 168 valence electrons. The number of ether oxygens (including phenoxy) is 1. The van der Waals surface area contributed by atoms with Gasteiger partial charge in [-0.15, -0.1) is 0 Å². The summed E-state index contributed by atoms with van der Waals surface area (Å²) in [6.07, 6.45) is -1.76. The van der Waals surface area contributed by atoms with E-state index in [-0.39, 0.29) is 21.8 Å². The molecule has 0 aliphatic carbocycles. The monoisotopic (exact) mass is 466 g/mol. The van der Waals surface area contributed by atoms with E-state index in [9.17, 15) is 31.5 Å². The highest BCUT2D eigenvalue weighted by Gasteiger charge is 2.20. The number of carbonyl (C=O) groups is 2. The van der Waals surface area contributed by atoms with Crippen LogP contribution in [0.5, 0.6) is 5.75 Å². The Labute approximate surface area is 177 Å².